The Morgan fingerprint density at radius 2 is 1.97 bits per heavy atom. The molecule has 4 aromatic rings. The Labute approximate surface area is 183 Å². The van der Waals surface area contributed by atoms with E-state index in [2.05, 4.69) is 22.3 Å². The summed E-state index contributed by atoms with van der Waals surface area (Å²) in [4.78, 5) is 16.0. The third-order valence-corrected chi connectivity index (χ3v) is 6.43. The number of thiophene rings is 1. The maximum atomic E-state index is 13.1. The molecule has 0 unspecified atom stereocenters. The standard InChI is InChI=1S/C22H22N4O2S2/c1-17-23-24-22(26(17)13-18-7-3-2-4-8-18)30-16-21(27)25(14-19-9-5-11-28-19)15-20-10-6-12-29-20/h2-12H,13-16H2,1H3. The van der Waals surface area contributed by atoms with Crippen LogP contribution in [0.15, 0.2) is 75.8 Å². The van der Waals surface area contributed by atoms with Crippen LogP contribution in [0.4, 0.5) is 0 Å². The highest BCUT2D eigenvalue weighted by molar-refractivity contribution is 7.99. The summed E-state index contributed by atoms with van der Waals surface area (Å²) in [5.41, 5.74) is 1.17. The summed E-state index contributed by atoms with van der Waals surface area (Å²) in [6.07, 6.45) is 1.63. The molecule has 30 heavy (non-hydrogen) atoms. The van der Waals surface area contributed by atoms with E-state index in [1.807, 2.05) is 64.2 Å². The highest BCUT2D eigenvalue weighted by atomic mass is 32.2. The molecule has 8 heteroatoms. The number of carbonyl (C=O) groups is 1. The first-order valence-corrected chi connectivity index (χ1v) is 11.4. The molecule has 0 N–H and O–H groups in total. The Kier molecular flexibility index (Phi) is 6.66. The van der Waals surface area contributed by atoms with Gasteiger partial charge in [0.2, 0.25) is 5.91 Å². The van der Waals surface area contributed by atoms with E-state index >= 15 is 0 Å². The van der Waals surface area contributed by atoms with E-state index < -0.39 is 0 Å². The SMILES string of the molecule is Cc1nnc(SCC(=O)N(Cc2ccco2)Cc2cccs2)n1Cc1ccccc1. The zero-order valence-corrected chi connectivity index (χ0v) is 18.2. The number of aryl methyl sites for hydroxylation is 1. The van der Waals surface area contributed by atoms with Gasteiger partial charge in [0.1, 0.15) is 11.6 Å². The summed E-state index contributed by atoms with van der Waals surface area (Å²) in [7, 11) is 0. The molecule has 0 aliphatic carbocycles. The number of thioether (sulfide) groups is 1. The van der Waals surface area contributed by atoms with Gasteiger partial charge in [-0.1, -0.05) is 48.2 Å². The molecule has 154 valence electrons. The number of hydrogen-bond acceptors (Lipinski definition) is 6. The van der Waals surface area contributed by atoms with Crippen LogP contribution in [0.3, 0.4) is 0 Å². The van der Waals surface area contributed by atoms with Gasteiger partial charge in [0.25, 0.3) is 0 Å². The van der Waals surface area contributed by atoms with Crippen LogP contribution in [0.25, 0.3) is 0 Å². The molecule has 0 spiro atoms. The van der Waals surface area contributed by atoms with Crippen LogP contribution in [0.2, 0.25) is 0 Å². The van der Waals surface area contributed by atoms with Gasteiger partial charge in [-0.3, -0.25) is 4.79 Å². The predicted molar refractivity (Wildman–Crippen MR) is 118 cm³/mol. The van der Waals surface area contributed by atoms with Crippen molar-refractivity contribution in [3.8, 4) is 0 Å². The zero-order chi connectivity index (χ0) is 20.8. The average molecular weight is 439 g/mol. The van der Waals surface area contributed by atoms with Crippen LogP contribution >= 0.6 is 23.1 Å². The number of furan rings is 1. The first-order chi connectivity index (χ1) is 14.7. The van der Waals surface area contributed by atoms with Crippen LogP contribution in [0.5, 0.6) is 0 Å². The first kappa shape index (κ1) is 20.4. The van der Waals surface area contributed by atoms with Crippen molar-refractivity contribution in [2.24, 2.45) is 0 Å². The van der Waals surface area contributed by atoms with E-state index in [0.29, 0.717) is 25.4 Å². The number of hydrogen-bond donors (Lipinski definition) is 0. The molecule has 0 aliphatic rings. The second-order valence-electron chi connectivity index (χ2n) is 6.80. The van der Waals surface area contributed by atoms with Gasteiger partial charge in [0.05, 0.1) is 31.7 Å². The molecule has 0 radical (unpaired) electrons. The largest absolute Gasteiger partial charge is 0.467 e. The van der Waals surface area contributed by atoms with Gasteiger partial charge >= 0.3 is 0 Å². The van der Waals surface area contributed by atoms with Crippen molar-refractivity contribution >= 4 is 29.0 Å². The molecule has 6 nitrogen and oxygen atoms in total. The second kappa shape index (κ2) is 9.77. The minimum Gasteiger partial charge on any atom is -0.467 e. The van der Waals surface area contributed by atoms with Gasteiger partial charge in [-0.25, -0.2) is 0 Å². The summed E-state index contributed by atoms with van der Waals surface area (Å²) in [5, 5.41) is 11.3. The van der Waals surface area contributed by atoms with E-state index in [1.165, 1.54) is 17.3 Å². The molecule has 0 saturated heterocycles. The molecule has 1 aromatic carbocycles. The number of benzene rings is 1. The number of rotatable bonds is 9. The van der Waals surface area contributed by atoms with Gasteiger partial charge in [-0.2, -0.15) is 0 Å². The number of aromatic nitrogens is 3. The van der Waals surface area contributed by atoms with Crippen molar-refractivity contribution in [1.82, 2.24) is 19.7 Å². The molecule has 0 atom stereocenters. The normalized spacial score (nSPS) is 11.0. The summed E-state index contributed by atoms with van der Waals surface area (Å²) in [6.45, 7) is 3.62. The van der Waals surface area contributed by atoms with Crippen molar-refractivity contribution in [1.29, 1.82) is 0 Å². The van der Waals surface area contributed by atoms with Crippen molar-refractivity contribution in [3.63, 3.8) is 0 Å². The highest BCUT2D eigenvalue weighted by Gasteiger charge is 2.19. The van der Waals surface area contributed by atoms with Crippen LogP contribution in [0, 0.1) is 6.92 Å². The maximum Gasteiger partial charge on any atom is 0.233 e. The molecule has 1 amide bonds. The van der Waals surface area contributed by atoms with Crippen LogP contribution in [-0.2, 0) is 24.4 Å². The lowest BCUT2D eigenvalue weighted by Gasteiger charge is -2.21. The molecule has 0 aliphatic heterocycles. The van der Waals surface area contributed by atoms with Crippen molar-refractivity contribution in [2.45, 2.75) is 31.7 Å². The lowest BCUT2D eigenvalue weighted by molar-refractivity contribution is -0.129. The molecule has 4 rings (SSSR count). The molecular weight excluding hydrogens is 416 g/mol. The molecule has 3 aromatic heterocycles. The molecule has 0 fully saturated rings. The van der Waals surface area contributed by atoms with Crippen LogP contribution < -0.4 is 0 Å². The zero-order valence-electron chi connectivity index (χ0n) is 16.6. The smallest absolute Gasteiger partial charge is 0.233 e. The topological polar surface area (TPSA) is 64.2 Å². The van der Waals surface area contributed by atoms with Crippen LogP contribution in [0.1, 0.15) is 22.0 Å². The fourth-order valence-electron chi connectivity index (χ4n) is 3.05. The van der Waals surface area contributed by atoms with Crippen LogP contribution in [-0.4, -0.2) is 31.3 Å². The van der Waals surface area contributed by atoms with Gasteiger partial charge in [-0.05, 0) is 36.1 Å². The Balaban J connectivity index is 1.44. The minimum absolute atomic E-state index is 0.0386. The molecule has 0 bridgehead atoms. The maximum absolute atomic E-state index is 13.1. The van der Waals surface area contributed by atoms with E-state index in [4.69, 9.17) is 4.42 Å². The minimum atomic E-state index is 0.0386. The first-order valence-electron chi connectivity index (χ1n) is 9.58. The summed E-state index contributed by atoms with van der Waals surface area (Å²) in [5.74, 6) is 1.93. The van der Waals surface area contributed by atoms with Gasteiger partial charge in [0, 0.05) is 4.88 Å². The summed E-state index contributed by atoms with van der Waals surface area (Å²) in [6, 6.07) is 18.0. The van der Waals surface area contributed by atoms with E-state index in [0.717, 1.165) is 21.6 Å². The molecule has 0 saturated carbocycles. The Morgan fingerprint density at radius 3 is 2.70 bits per heavy atom. The predicted octanol–water partition coefficient (Wildman–Crippen LogP) is 4.61. The Hall–Kier alpha value is -2.84. The fraction of sp³-hybridized carbons (Fsp3) is 0.227. The lowest BCUT2D eigenvalue weighted by Crippen LogP contribution is -2.31. The Morgan fingerprint density at radius 1 is 1.10 bits per heavy atom. The number of nitrogens with zero attached hydrogens (tertiary/aromatic N) is 4. The summed E-state index contributed by atoms with van der Waals surface area (Å²) < 4.78 is 7.51. The average Bonchev–Trinajstić information content (AvgIpc) is 3.52. The number of carbonyl (C=O) groups excluding carboxylic acids is 1. The van der Waals surface area contributed by atoms with Gasteiger partial charge < -0.3 is 13.9 Å². The fourth-order valence-corrected chi connectivity index (χ4v) is 4.65. The van der Waals surface area contributed by atoms with E-state index in [1.54, 1.807) is 17.6 Å². The van der Waals surface area contributed by atoms with Crippen molar-refractivity contribution in [2.75, 3.05) is 5.75 Å². The summed E-state index contributed by atoms with van der Waals surface area (Å²) >= 11 is 3.06. The van der Waals surface area contributed by atoms with E-state index in [-0.39, 0.29) is 5.91 Å². The van der Waals surface area contributed by atoms with Gasteiger partial charge in [0.15, 0.2) is 5.16 Å². The number of amides is 1. The molecule has 3 heterocycles. The van der Waals surface area contributed by atoms with Gasteiger partial charge in [-0.15, -0.1) is 21.5 Å². The van der Waals surface area contributed by atoms with Crippen molar-refractivity contribution in [3.05, 3.63) is 88.3 Å². The van der Waals surface area contributed by atoms with E-state index in [9.17, 15) is 4.79 Å². The monoisotopic (exact) mass is 438 g/mol. The quantitative estimate of drug-likeness (QED) is 0.357. The van der Waals surface area contributed by atoms with Crippen molar-refractivity contribution < 1.29 is 9.21 Å². The second-order valence-corrected chi connectivity index (χ2v) is 8.77. The molecular formula is C22H22N4O2S2. The highest BCUT2D eigenvalue weighted by Crippen LogP contribution is 2.21. The third kappa shape index (κ3) is 5.20. The Bertz CT molecular complexity index is 1020. The lowest BCUT2D eigenvalue weighted by atomic mass is 10.2. The third-order valence-electron chi connectivity index (χ3n) is 4.62.